The first-order valence-electron chi connectivity index (χ1n) is 6.45. The Morgan fingerprint density at radius 3 is 2.58 bits per heavy atom. The van der Waals surface area contributed by atoms with Crippen LogP contribution in [0.25, 0.3) is 0 Å². The molecule has 0 spiro atoms. The molecule has 1 rings (SSSR count). The minimum absolute atomic E-state index is 0.296. The Morgan fingerprint density at radius 1 is 1.32 bits per heavy atom. The van der Waals surface area contributed by atoms with Crippen LogP contribution in [0.5, 0.6) is 5.75 Å². The van der Waals surface area contributed by atoms with E-state index in [-0.39, 0.29) is 0 Å². The number of anilines is 1. The molecule has 106 valence electrons. The Kier molecular flexibility index (Phi) is 6.15. The van der Waals surface area contributed by atoms with E-state index >= 15 is 0 Å². The molecule has 0 aromatic heterocycles. The Morgan fingerprint density at radius 2 is 2.00 bits per heavy atom. The van der Waals surface area contributed by atoms with Crippen molar-refractivity contribution in [1.82, 2.24) is 4.90 Å². The highest BCUT2D eigenvalue weighted by Gasteiger charge is 2.17. The molecule has 0 saturated heterocycles. The number of likely N-dealkylation sites (N-methyl/N-ethyl adjacent to an activating group) is 1. The number of nitrogens with zero attached hydrogens (tertiary/aromatic N) is 1. The van der Waals surface area contributed by atoms with Gasteiger partial charge in [-0.3, -0.25) is 0 Å². The number of methoxy groups -OCH3 is 1. The SMILES string of the molecule is CCN(CC)CCOC(=O)c1c(N)cccc1OC. The maximum atomic E-state index is 12.0. The number of esters is 1. The molecule has 0 atom stereocenters. The second-order valence-corrected chi connectivity index (χ2v) is 4.09. The second-order valence-electron chi connectivity index (χ2n) is 4.09. The van der Waals surface area contributed by atoms with Crippen molar-refractivity contribution in [3.8, 4) is 5.75 Å². The summed E-state index contributed by atoms with van der Waals surface area (Å²) in [5, 5.41) is 0. The molecule has 0 radical (unpaired) electrons. The lowest BCUT2D eigenvalue weighted by Crippen LogP contribution is -2.28. The summed E-state index contributed by atoms with van der Waals surface area (Å²) in [5.41, 5.74) is 6.45. The molecule has 0 aliphatic heterocycles. The number of hydrogen-bond acceptors (Lipinski definition) is 5. The zero-order valence-corrected chi connectivity index (χ0v) is 11.8. The molecule has 0 saturated carbocycles. The van der Waals surface area contributed by atoms with E-state index in [0.29, 0.717) is 30.2 Å². The van der Waals surface area contributed by atoms with Crippen LogP contribution in [0.2, 0.25) is 0 Å². The molecule has 0 aliphatic carbocycles. The van der Waals surface area contributed by atoms with E-state index in [9.17, 15) is 4.79 Å². The van der Waals surface area contributed by atoms with Crippen LogP contribution >= 0.6 is 0 Å². The molecular weight excluding hydrogens is 244 g/mol. The largest absolute Gasteiger partial charge is 0.496 e. The maximum absolute atomic E-state index is 12.0. The standard InChI is InChI=1S/C14H22N2O3/c1-4-16(5-2)9-10-19-14(17)13-11(15)7-6-8-12(13)18-3/h6-8H,4-5,9-10,15H2,1-3H3. The quantitative estimate of drug-likeness (QED) is 0.602. The monoisotopic (exact) mass is 266 g/mol. The fraction of sp³-hybridized carbons (Fsp3) is 0.500. The van der Waals surface area contributed by atoms with Crippen molar-refractivity contribution in [2.24, 2.45) is 0 Å². The van der Waals surface area contributed by atoms with E-state index in [1.165, 1.54) is 7.11 Å². The topological polar surface area (TPSA) is 64.8 Å². The van der Waals surface area contributed by atoms with E-state index in [1.807, 2.05) is 0 Å². The summed E-state index contributed by atoms with van der Waals surface area (Å²) in [5.74, 6) is -0.00468. The van der Waals surface area contributed by atoms with Gasteiger partial charge in [0.2, 0.25) is 0 Å². The third-order valence-electron chi connectivity index (χ3n) is 3.02. The highest BCUT2D eigenvalue weighted by Crippen LogP contribution is 2.24. The summed E-state index contributed by atoms with van der Waals surface area (Å²) in [6, 6.07) is 5.09. The second kappa shape index (κ2) is 7.63. The summed E-state index contributed by atoms with van der Waals surface area (Å²) in [7, 11) is 1.50. The minimum Gasteiger partial charge on any atom is -0.496 e. The molecule has 0 amide bonds. The highest BCUT2D eigenvalue weighted by atomic mass is 16.5. The number of hydrogen-bond donors (Lipinski definition) is 1. The van der Waals surface area contributed by atoms with Gasteiger partial charge in [-0.05, 0) is 25.2 Å². The third kappa shape index (κ3) is 4.13. The van der Waals surface area contributed by atoms with Gasteiger partial charge in [-0.15, -0.1) is 0 Å². The molecule has 0 fully saturated rings. The number of rotatable bonds is 7. The molecule has 0 aliphatic rings. The van der Waals surface area contributed by atoms with Gasteiger partial charge in [0.1, 0.15) is 17.9 Å². The Balaban J connectivity index is 2.63. The molecule has 0 unspecified atom stereocenters. The summed E-state index contributed by atoms with van der Waals surface area (Å²) in [4.78, 5) is 14.2. The average molecular weight is 266 g/mol. The van der Waals surface area contributed by atoms with Crippen LogP contribution in [-0.2, 0) is 4.74 Å². The van der Waals surface area contributed by atoms with Crippen molar-refractivity contribution in [1.29, 1.82) is 0 Å². The molecule has 0 bridgehead atoms. The van der Waals surface area contributed by atoms with Gasteiger partial charge >= 0.3 is 5.97 Å². The van der Waals surface area contributed by atoms with Gasteiger partial charge in [-0.1, -0.05) is 19.9 Å². The van der Waals surface area contributed by atoms with Crippen molar-refractivity contribution in [2.45, 2.75) is 13.8 Å². The lowest BCUT2D eigenvalue weighted by Gasteiger charge is -2.18. The number of carbonyl (C=O) groups is 1. The van der Waals surface area contributed by atoms with Crippen LogP contribution in [0.1, 0.15) is 24.2 Å². The van der Waals surface area contributed by atoms with Gasteiger partial charge in [-0.2, -0.15) is 0 Å². The summed E-state index contributed by atoms with van der Waals surface area (Å²) in [6.45, 7) is 7.08. The van der Waals surface area contributed by atoms with Crippen molar-refractivity contribution in [3.05, 3.63) is 23.8 Å². The van der Waals surface area contributed by atoms with Crippen LogP contribution < -0.4 is 10.5 Å². The first-order valence-corrected chi connectivity index (χ1v) is 6.45. The van der Waals surface area contributed by atoms with Gasteiger partial charge in [0.05, 0.1) is 7.11 Å². The molecular formula is C14H22N2O3. The van der Waals surface area contributed by atoms with Gasteiger partial charge in [-0.25, -0.2) is 4.79 Å². The lowest BCUT2D eigenvalue weighted by molar-refractivity contribution is 0.0464. The predicted molar refractivity (Wildman–Crippen MR) is 75.5 cm³/mol. The molecule has 1 aromatic carbocycles. The Hall–Kier alpha value is -1.75. The summed E-state index contributed by atoms with van der Waals surface area (Å²) in [6.07, 6.45) is 0. The van der Waals surface area contributed by atoms with Gasteiger partial charge < -0.3 is 20.1 Å². The van der Waals surface area contributed by atoms with E-state index in [4.69, 9.17) is 15.2 Å². The molecule has 5 nitrogen and oxygen atoms in total. The number of ether oxygens (including phenoxy) is 2. The number of nitrogen functional groups attached to an aromatic ring is 1. The summed E-state index contributed by atoms with van der Waals surface area (Å²) < 4.78 is 10.4. The minimum atomic E-state index is -0.442. The van der Waals surface area contributed by atoms with E-state index in [2.05, 4.69) is 18.7 Å². The van der Waals surface area contributed by atoms with E-state index in [0.717, 1.165) is 13.1 Å². The van der Waals surface area contributed by atoms with E-state index < -0.39 is 5.97 Å². The van der Waals surface area contributed by atoms with Crippen molar-refractivity contribution in [3.63, 3.8) is 0 Å². The third-order valence-corrected chi connectivity index (χ3v) is 3.02. The van der Waals surface area contributed by atoms with E-state index in [1.54, 1.807) is 18.2 Å². The van der Waals surface area contributed by atoms with Crippen LogP contribution in [0.15, 0.2) is 18.2 Å². The molecule has 19 heavy (non-hydrogen) atoms. The fourth-order valence-corrected chi connectivity index (χ4v) is 1.82. The van der Waals surface area contributed by atoms with Crippen molar-refractivity contribution >= 4 is 11.7 Å². The molecule has 5 heteroatoms. The molecule has 1 aromatic rings. The zero-order valence-electron chi connectivity index (χ0n) is 11.8. The van der Waals surface area contributed by atoms with Crippen molar-refractivity contribution < 1.29 is 14.3 Å². The zero-order chi connectivity index (χ0) is 14.3. The first-order chi connectivity index (χ1) is 9.13. The Bertz CT molecular complexity index is 417. The van der Waals surface area contributed by atoms with Gasteiger partial charge in [0.25, 0.3) is 0 Å². The fourth-order valence-electron chi connectivity index (χ4n) is 1.82. The van der Waals surface area contributed by atoms with Gasteiger partial charge in [0.15, 0.2) is 0 Å². The van der Waals surface area contributed by atoms with Crippen LogP contribution in [0.3, 0.4) is 0 Å². The first kappa shape index (κ1) is 15.3. The van der Waals surface area contributed by atoms with Crippen molar-refractivity contribution in [2.75, 3.05) is 39.1 Å². The Labute approximate surface area is 114 Å². The number of benzene rings is 1. The smallest absolute Gasteiger partial charge is 0.344 e. The van der Waals surface area contributed by atoms with Crippen LogP contribution in [0.4, 0.5) is 5.69 Å². The molecule has 2 N–H and O–H groups in total. The lowest BCUT2D eigenvalue weighted by atomic mass is 10.1. The van der Waals surface area contributed by atoms with Gasteiger partial charge in [0, 0.05) is 12.2 Å². The predicted octanol–water partition coefficient (Wildman–Crippen LogP) is 1.78. The summed E-state index contributed by atoms with van der Waals surface area (Å²) >= 11 is 0. The number of nitrogens with two attached hydrogens (primary N) is 1. The normalized spacial score (nSPS) is 10.5. The molecule has 0 heterocycles. The highest BCUT2D eigenvalue weighted by molar-refractivity contribution is 5.98. The number of carbonyl (C=O) groups excluding carboxylic acids is 1. The van der Waals surface area contributed by atoms with Crippen LogP contribution in [0, 0.1) is 0 Å². The maximum Gasteiger partial charge on any atom is 0.344 e. The average Bonchev–Trinajstić information content (AvgIpc) is 2.43. The van der Waals surface area contributed by atoms with Crippen LogP contribution in [-0.4, -0.2) is 44.2 Å².